The van der Waals surface area contributed by atoms with Crippen molar-refractivity contribution in [2.75, 3.05) is 36.9 Å². The number of rotatable bonds is 14. The summed E-state index contributed by atoms with van der Waals surface area (Å²) in [5, 5.41) is 2.82. The second kappa shape index (κ2) is 14.0. The van der Waals surface area contributed by atoms with E-state index < -0.39 is 22.5 Å². The molecule has 10 heteroatoms. The Bertz CT molecular complexity index is 1300. The van der Waals surface area contributed by atoms with Gasteiger partial charge in [-0.3, -0.25) is 9.10 Å². The molecule has 3 rings (SSSR count). The fraction of sp³-hybridized carbons (Fsp3) is 0.321. The van der Waals surface area contributed by atoms with Crippen LogP contribution in [0.25, 0.3) is 0 Å². The summed E-state index contributed by atoms with van der Waals surface area (Å²) in [5.41, 5.74) is 1.16. The molecular weight excluding hydrogens is 524 g/mol. The number of hydrogen-bond donors (Lipinski definition) is 1. The number of amides is 1. The summed E-state index contributed by atoms with van der Waals surface area (Å²) in [6.07, 6.45) is 1.92. The monoisotopic (exact) mass is 558 g/mol. The smallest absolute Gasteiger partial charge is 0.264 e. The molecule has 38 heavy (non-hydrogen) atoms. The van der Waals surface area contributed by atoms with Gasteiger partial charge in [-0.1, -0.05) is 6.07 Å². The van der Waals surface area contributed by atoms with Gasteiger partial charge in [-0.05, 0) is 93.3 Å². The Labute approximate surface area is 229 Å². The first kappa shape index (κ1) is 29.2. The number of ether oxygens (including phenoxy) is 3. The highest BCUT2D eigenvalue weighted by atomic mass is 32.2. The van der Waals surface area contributed by atoms with Gasteiger partial charge in [0.15, 0.2) is 11.5 Å². The Kier molecular flexibility index (Phi) is 10.7. The molecule has 0 atom stereocenters. The SMILES string of the molecule is CCOc1ccc(N(CC(=O)NCc2ccc(OCC)c(OCC)c2)S(=O)(=O)c2ccc(SC)cc2)cc1. The van der Waals surface area contributed by atoms with Crippen LogP contribution in [0, 0.1) is 0 Å². The first-order chi connectivity index (χ1) is 18.3. The van der Waals surface area contributed by atoms with Crippen LogP contribution in [0.4, 0.5) is 5.69 Å². The molecule has 0 aliphatic heterocycles. The van der Waals surface area contributed by atoms with Gasteiger partial charge in [0.1, 0.15) is 12.3 Å². The minimum Gasteiger partial charge on any atom is -0.494 e. The first-order valence-electron chi connectivity index (χ1n) is 12.4. The van der Waals surface area contributed by atoms with Crippen molar-refractivity contribution in [2.24, 2.45) is 0 Å². The maximum atomic E-state index is 13.6. The molecule has 0 aromatic heterocycles. The highest BCUT2D eigenvalue weighted by molar-refractivity contribution is 7.98. The number of carbonyl (C=O) groups is 1. The Morgan fingerprint density at radius 2 is 1.47 bits per heavy atom. The average Bonchev–Trinajstić information content (AvgIpc) is 2.92. The number of nitrogens with zero attached hydrogens (tertiary/aromatic N) is 1. The van der Waals surface area contributed by atoms with Crippen LogP contribution >= 0.6 is 11.8 Å². The van der Waals surface area contributed by atoms with Gasteiger partial charge in [0.2, 0.25) is 5.91 Å². The fourth-order valence-corrected chi connectivity index (χ4v) is 5.49. The second-order valence-electron chi connectivity index (χ2n) is 8.04. The number of thioether (sulfide) groups is 1. The van der Waals surface area contributed by atoms with Gasteiger partial charge in [0.25, 0.3) is 10.0 Å². The molecule has 0 aliphatic carbocycles. The zero-order valence-electron chi connectivity index (χ0n) is 22.1. The van der Waals surface area contributed by atoms with E-state index in [1.165, 1.54) is 11.8 Å². The zero-order chi connectivity index (χ0) is 27.5. The molecule has 0 bridgehead atoms. The molecule has 3 aromatic rings. The van der Waals surface area contributed by atoms with E-state index in [1.54, 1.807) is 54.6 Å². The largest absolute Gasteiger partial charge is 0.494 e. The summed E-state index contributed by atoms with van der Waals surface area (Å²) in [6, 6.07) is 18.7. The van der Waals surface area contributed by atoms with Crippen LogP contribution < -0.4 is 23.8 Å². The van der Waals surface area contributed by atoms with Crippen molar-refractivity contribution in [1.82, 2.24) is 5.32 Å². The quantitative estimate of drug-likeness (QED) is 0.275. The Morgan fingerprint density at radius 3 is 2.08 bits per heavy atom. The molecule has 0 unspecified atom stereocenters. The third-order valence-corrected chi connectivity index (χ3v) is 8.00. The number of benzene rings is 3. The molecule has 0 spiro atoms. The molecule has 3 aromatic carbocycles. The highest BCUT2D eigenvalue weighted by Crippen LogP contribution is 2.29. The number of carbonyl (C=O) groups excluding carboxylic acids is 1. The van der Waals surface area contributed by atoms with Crippen molar-refractivity contribution >= 4 is 33.4 Å². The summed E-state index contributed by atoms with van der Waals surface area (Å²) in [5.74, 6) is 1.39. The molecule has 1 amide bonds. The van der Waals surface area contributed by atoms with Crippen LogP contribution in [0.1, 0.15) is 26.3 Å². The zero-order valence-corrected chi connectivity index (χ0v) is 23.7. The number of nitrogens with one attached hydrogen (secondary N) is 1. The minimum atomic E-state index is -4.02. The number of hydrogen-bond acceptors (Lipinski definition) is 7. The maximum Gasteiger partial charge on any atom is 0.264 e. The Hall–Kier alpha value is -3.37. The average molecular weight is 559 g/mol. The molecule has 8 nitrogen and oxygen atoms in total. The van der Waals surface area contributed by atoms with E-state index in [0.29, 0.717) is 42.8 Å². The third-order valence-electron chi connectivity index (χ3n) is 5.47. The van der Waals surface area contributed by atoms with Crippen molar-refractivity contribution in [3.05, 3.63) is 72.3 Å². The van der Waals surface area contributed by atoms with Gasteiger partial charge >= 0.3 is 0 Å². The van der Waals surface area contributed by atoms with E-state index in [-0.39, 0.29) is 11.4 Å². The molecule has 204 valence electrons. The van der Waals surface area contributed by atoms with E-state index in [9.17, 15) is 13.2 Å². The molecule has 0 fully saturated rings. The van der Waals surface area contributed by atoms with Crippen molar-refractivity contribution in [3.63, 3.8) is 0 Å². The van der Waals surface area contributed by atoms with E-state index >= 15 is 0 Å². The Balaban J connectivity index is 1.82. The summed E-state index contributed by atoms with van der Waals surface area (Å²) < 4.78 is 45.1. The summed E-state index contributed by atoms with van der Waals surface area (Å²) in [4.78, 5) is 14.1. The first-order valence-corrected chi connectivity index (χ1v) is 15.0. The van der Waals surface area contributed by atoms with Gasteiger partial charge in [0.05, 0.1) is 30.4 Å². The van der Waals surface area contributed by atoms with Gasteiger partial charge in [-0.15, -0.1) is 11.8 Å². The number of anilines is 1. The standard InChI is InChI=1S/C28H34N2O6S2/c1-5-34-23-11-9-22(10-12-23)30(38(32,33)25-15-13-24(37-4)14-16-25)20-28(31)29-19-21-8-17-26(35-6-2)27(18-21)36-7-3/h8-18H,5-7,19-20H2,1-4H3,(H,29,31). The lowest BCUT2D eigenvalue weighted by Crippen LogP contribution is -2.40. The highest BCUT2D eigenvalue weighted by Gasteiger charge is 2.27. The topological polar surface area (TPSA) is 94.2 Å². The van der Waals surface area contributed by atoms with Crippen molar-refractivity contribution in [2.45, 2.75) is 37.1 Å². The van der Waals surface area contributed by atoms with E-state index in [1.807, 2.05) is 39.2 Å². The Morgan fingerprint density at radius 1 is 0.842 bits per heavy atom. The van der Waals surface area contributed by atoms with Crippen molar-refractivity contribution in [1.29, 1.82) is 0 Å². The maximum absolute atomic E-state index is 13.6. The normalized spacial score (nSPS) is 11.1. The van der Waals surface area contributed by atoms with Crippen LogP contribution in [0.5, 0.6) is 17.2 Å². The van der Waals surface area contributed by atoms with Crippen LogP contribution in [0.15, 0.2) is 76.5 Å². The van der Waals surface area contributed by atoms with Gasteiger partial charge in [0, 0.05) is 11.4 Å². The van der Waals surface area contributed by atoms with Gasteiger partial charge < -0.3 is 19.5 Å². The van der Waals surface area contributed by atoms with E-state index in [4.69, 9.17) is 14.2 Å². The molecule has 0 heterocycles. The second-order valence-corrected chi connectivity index (χ2v) is 10.8. The summed E-state index contributed by atoms with van der Waals surface area (Å²) in [7, 11) is -4.02. The van der Waals surface area contributed by atoms with Crippen LogP contribution in [0.2, 0.25) is 0 Å². The van der Waals surface area contributed by atoms with Crippen molar-refractivity contribution in [3.8, 4) is 17.2 Å². The molecule has 0 saturated carbocycles. The third kappa shape index (κ3) is 7.58. The lowest BCUT2D eigenvalue weighted by Gasteiger charge is -2.24. The minimum absolute atomic E-state index is 0.102. The van der Waals surface area contributed by atoms with Crippen LogP contribution in [0.3, 0.4) is 0 Å². The molecular formula is C28H34N2O6S2. The fourth-order valence-electron chi connectivity index (χ4n) is 3.66. The molecule has 1 N–H and O–H groups in total. The van der Waals surface area contributed by atoms with Crippen LogP contribution in [-0.4, -0.2) is 46.9 Å². The summed E-state index contributed by atoms with van der Waals surface area (Å²) in [6.45, 7) is 6.92. The lowest BCUT2D eigenvalue weighted by molar-refractivity contribution is -0.119. The molecule has 0 saturated heterocycles. The molecule has 0 radical (unpaired) electrons. The molecule has 0 aliphatic rings. The van der Waals surface area contributed by atoms with Gasteiger partial charge in [-0.2, -0.15) is 0 Å². The predicted octanol–water partition coefficient (Wildman–Crippen LogP) is 5.12. The number of sulfonamides is 1. The van der Waals surface area contributed by atoms with E-state index in [0.717, 1.165) is 14.8 Å². The van der Waals surface area contributed by atoms with E-state index in [2.05, 4.69) is 5.32 Å². The summed E-state index contributed by atoms with van der Waals surface area (Å²) >= 11 is 1.52. The van der Waals surface area contributed by atoms with Gasteiger partial charge in [-0.25, -0.2) is 8.42 Å². The predicted molar refractivity (Wildman–Crippen MR) is 151 cm³/mol. The van der Waals surface area contributed by atoms with Crippen molar-refractivity contribution < 1.29 is 27.4 Å². The lowest BCUT2D eigenvalue weighted by atomic mass is 10.2. The van der Waals surface area contributed by atoms with Crippen LogP contribution in [-0.2, 0) is 21.4 Å².